The molecule has 1 heterocycles. The molecule has 96 valence electrons. The van der Waals surface area contributed by atoms with Gasteiger partial charge in [0.1, 0.15) is 6.07 Å². The summed E-state index contributed by atoms with van der Waals surface area (Å²) < 4.78 is 0. The van der Waals surface area contributed by atoms with Gasteiger partial charge >= 0.3 is 0 Å². The maximum absolute atomic E-state index is 8.85. The summed E-state index contributed by atoms with van der Waals surface area (Å²) in [6.07, 6.45) is 2.54. The molecule has 1 aliphatic rings. The fourth-order valence-electron chi connectivity index (χ4n) is 2.40. The van der Waals surface area contributed by atoms with Crippen molar-refractivity contribution in [3.63, 3.8) is 0 Å². The normalized spacial score (nSPS) is 19.3. The average molecular weight is 264 g/mol. The van der Waals surface area contributed by atoms with Gasteiger partial charge in [0, 0.05) is 19.3 Å². The quantitative estimate of drug-likeness (QED) is 0.911. The van der Waals surface area contributed by atoms with Gasteiger partial charge in [-0.25, -0.2) is 0 Å². The smallest absolute Gasteiger partial charge is 0.101 e. The summed E-state index contributed by atoms with van der Waals surface area (Å²) in [7, 11) is 2.08. The van der Waals surface area contributed by atoms with Crippen LogP contribution in [-0.2, 0) is 0 Å². The Balaban J connectivity index is 2.02. The predicted octanol–water partition coefficient (Wildman–Crippen LogP) is 2.65. The molecule has 2 rings (SSSR count). The number of hydrogen-bond acceptors (Lipinski definition) is 3. The molecule has 1 unspecified atom stereocenters. The highest BCUT2D eigenvalue weighted by Crippen LogP contribution is 2.24. The number of hydrogen-bond donors (Lipinski definition) is 1. The van der Waals surface area contributed by atoms with Gasteiger partial charge in [-0.3, -0.25) is 0 Å². The third-order valence-electron chi connectivity index (χ3n) is 3.44. The van der Waals surface area contributed by atoms with Crippen molar-refractivity contribution in [3.8, 4) is 6.07 Å². The molecule has 4 heteroatoms. The monoisotopic (exact) mass is 263 g/mol. The van der Waals surface area contributed by atoms with E-state index in [2.05, 4.69) is 23.3 Å². The van der Waals surface area contributed by atoms with E-state index in [1.165, 1.54) is 12.8 Å². The van der Waals surface area contributed by atoms with Gasteiger partial charge in [0.05, 0.1) is 10.6 Å². The van der Waals surface area contributed by atoms with Crippen molar-refractivity contribution in [2.75, 3.05) is 31.6 Å². The van der Waals surface area contributed by atoms with Crippen LogP contribution >= 0.6 is 11.6 Å². The van der Waals surface area contributed by atoms with Crippen LogP contribution in [0.2, 0.25) is 5.02 Å². The molecule has 1 saturated heterocycles. The van der Waals surface area contributed by atoms with Crippen LogP contribution in [0.25, 0.3) is 0 Å². The maximum atomic E-state index is 8.85. The first-order valence-electron chi connectivity index (χ1n) is 6.32. The number of rotatable bonds is 3. The summed E-state index contributed by atoms with van der Waals surface area (Å²) in [5.74, 6) is 0.693. The second kappa shape index (κ2) is 6.08. The molecule has 0 aliphatic carbocycles. The molecule has 18 heavy (non-hydrogen) atoms. The number of piperidine rings is 1. The van der Waals surface area contributed by atoms with Crippen molar-refractivity contribution >= 4 is 17.3 Å². The Bertz CT molecular complexity index is 447. The molecule has 0 amide bonds. The van der Waals surface area contributed by atoms with E-state index >= 15 is 0 Å². The van der Waals surface area contributed by atoms with Gasteiger partial charge < -0.3 is 10.2 Å². The number of nitriles is 1. The topological polar surface area (TPSA) is 39.1 Å². The molecule has 1 N–H and O–H groups in total. The van der Waals surface area contributed by atoms with Crippen molar-refractivity contribution in [2.24, 2.45) is 5.92 Å². The molecule has 1 atom stereocenters. The molecular weight excluding hydrogens is 246 g/mol. The molecule has 0 saturated carbocycles. The minimum absolute atomic E-state index is 0.531. The van der Waals surface area contributed by atoms with Crippen LogP contribution in [0.3, 0.4) is 0 Å². The number of benzene rings is 1. The third-order valence-corrected chi connectivity index (χ3v) is 3.76. The third kappa shape index (κ3) is 3.16. The predicted molar refractivity (Wildman–Crippen MR) is 75.0 cm³/mol. The molecular formula is C14H18ClN3. The number of anilines is 1. The first kappa shape index (κ1) is 13.2. The molecule has 3 nitrogen and oxygen atoms in total. The van der Waals surface area contributed by atoms with Crippen LogP contribution in [0.15, 0.2) is 18.2 Å². The van der Waals surface area contributed by atoms with Crippen LogP contribution in [0.1, 0.15) is 18.4 Å². The molecule has 0 bridgehead atoms. The van der Waals surface area contributed by atoms with Crippen molar-refractivity contribution in [1.29, 1.82) is 5.26 Å². The average Bonchev–Trinajstić information content (AvgIpc) is 2.39. The van der Waals surface area contributed by atoms with E-state index in [0.717, 1.165) is 25.3 Å². The molecule has 1 aliphatic heterocycles. The first-order valence-corrected chi connectivity index (χ1v) is 6.70. The van der Waals surface area contributed by atoms with Crippen molar-refractivity contribution in [2.45, 2.75) is 12.8 Å². The van der Waals surface area contributed by atoms with Crippen LogP contribution < -0.4 is 10.2 Å². The Hall–Kier alpha value is -1.24. The number of nitrogens with zero attached hydrogens (tertiary/aromatic N) is 2. The summed E-state index contributed by atoms with van der Waals surface area (Å²) in [5, 5.41) is 12.8. The fourth-order valence-corrected chi connectivity index (χ4v) is 2.62. The molecule has 1 aromatic carbocycles. The molecule has 0 radical (unpaired) electrons. The second-order valence-corrected chi connectivity index (χ2v) is 5.28. The molecule has 1 aromatic rings. The van der Waals surface area contributed by atoms with E-state index in [1.54, 1.807) is 6.07 Å². The summed E-state index contributed by atoms with van der Waals surface area (Å²) in [6, 6.07) is 7.70. The SMILES string of the molecule is CN(CC1CCCNC1)c1ccc(C#N)c(Cl)c1. The lowest BCUT2D eigenvalue weighted by atomic mass is 9.99. The van der Waals surface area contributed by atoms with E-state index in [-0.39, 0.29) is 0 Å². The van der Waals surface area contributed by atoms with E-state index < -0.39 is 0 Å². The highest BCUT2D eigenvalue weighted by atomic mass is 35.5. The summed E-state index contributed by atoms with van der Waals surface area (Å²) in [4.78, 5) is 2.21. The standard InChI is InChI=1S/C14H18ClN3/c1-18(10-11-3-2-6-17-9-11)13-5-4-12(8-16)14(15)7-13/h4-5,7,11,17H,2-3,6,9-10H2,1H3. The number of nitrogens with one attached hydrogen (secondary N) is 1. The lowest BCUT2D eigenvalue weighted by Crippen LogP contribution is -2.36. The van der Waals surface area contributed by atoms with E-state index in [4.69, 9.17) is 16.9 Å². The van der Waals surface area contributed by atoms with Gasteiger partial charge in [0.25, 0.3) is 0 Å². The zero-order valence-corrected chi connectivity index (χ0v) is 11.4. The van der Waals surface area contributed by atoms with Gasteiger partial charge in [0.15, 0.2) is 0 Å². The van der Waals surface area contributed by atoms with Crippen LogP contribution in [0.5, 0.6) is 0 Å². The lowest BCUT2D eigenvalue weighted by Gasteiger charge is -2.29. The minimum atomic E-state index is 0.531. The van der Waals surface area contributed by atoms with Crippen LogP contribution in [0, 0.1) is 17.2 Å². The summed E-state index contributed by atoms with van der Waals surface area (Å²) >= 11 is 6.05. The summed E-state index contributed by atoms with van der Waals surface area (Å²) in [5.41, 5.74) is 1.61. The van der Waals surface area contributed by atoms with Gasteiger partial charge in [-0.1, -0.05) is 11.6 Å². The Labute approximate surface area is 113 Å². The van der Waals surface area contributed by atoms with Crippen LogP contribution in [0.4, 0.5) is 5.69 Å². The second-order valence-electron chi connectivity index (χ2n) is 4.87. The highest BCUT2D eigenvalue weighted by Gasteiger charge is 2.15. The Morgan fingerprint density at radius 2 is 2.39 bits per heavy atom. The molecule has 0 aromatic heterocycles. The van der Waals surface area contributed by atoms with Gasteiger partial charge in [-0.05, 0) is 50.0 Å². The van der Waals surface area contributed by atoms with Gasteiger partial charge in [-0.2, -0.15) is 5.26 Å². The van der Waals surface area contributed by atoms with Crippen molar-refractivity contribution < 1.29 is 0 Å². The van der Waals surface area contributed by atoms with Gasteiger partial charge in [0.2, 0.25) is 0 Å². The van der Waals surface area contributed by atoms with E-state index in [1.807, 2.05) is 12.1 Å². The molecule has 0 spiro atoms. The number of halogens is 1. The Morgan fingerprint density at radius 1 is 1.56 bits per heavy atom. The Kier molecular flexibility index (Phi) is 4.46. The van der Waals surface area contributed by atoms with Crippen molar-refractivity contribution in [3.05, 3.63) is 28.8 Å². The fraction of sp³-hybridized carbons (Fsp3) is 0.500. The summed E-state index contributed by atoms with van der Waals surface area (Å²) in [6.45, 7) is 3.26. The van der Waals surface area contributed by atoms with E-state index in [9.17, 15) is 0 Å². The lowest BCUT2D eigenvalue weighted by molar-refractivity contribution is 0.381. The van der Waals surface area contributed by atoms with E-state index in [0.29, 0.717) is 16.5 Å². The van der Waals surface area contributed by atoms with Crippen molar-refractivity contribution in [1.82, 2.24) is 5.32 Å². The zero-order valence-electron chi connectivity index (χ0n) is 10.6. The highest BCUT2D eigenvalue weighted by molar-refractivity contribution is 6.32. The zero-order chi connectivity index (χ0) is 13.0. The van der Waals surface area contributed by atoms with Gasteiger partial charge in [-0.15, -0.1) is 0 Å². The van der Waals surface area contributed by atoms with Crippen LogP contribution in [-0.4, -0.2) is 26.7 Å². The molecule has 1 fully saturated rings. The largest absolute Gasteiger partial charge is 0.374 e. The first-order chi connectivity index (χ1) is 8.70. The minimum Gasteiger partial charge on any atom is -0.374 e. The maximum Gasteiger partial charge on any atom is 0.101 e. The Morgan fingerprint density at radius 3 is 3.00 bits per heavy atom.